The fourth-order valence-corrected chi connectivity index (χ4v) is 15.7. The van der Waals surface area contributed by atoms with Gasteiger partial charge in [-0.2, -0.15) is 0 Å². The highest BCUT2D eigenvalue weighted by atomic mass is 32.2. The van der Waals surface area contributed by atoms with Gasteiger partial charge in [-0.25, -0.2) is 0 Å². The number of aromatic nitrogens is 1. The number of hydrogen-bond donors (Lipinski definition) is 0. The molecule has 4 aliphatic rings. The molecule has 0 atom stereocenters. The molecule has 5 heterocycles. The second kappa shape index (κ2) is 19.9. The van der Waals surface area contributed by atoms with E-state index >= 15 is 0 Å². The Labute approximate surface area is 510 Å². The summed E-state index contributed by atoms with van der Waals surface area (Å²) in [6, 6.07) is 113. The molecule has 14 aromatic rings. The minimum atomic E-state index is -0.160. The van der Waals surface area contributed by atoms with E-state index in [9.17, 15) is 0 Å². The van der Waals surface area contributed by atoms with Gasteiger partial charge in [-0.1, -0.05) is 199 Å². The van der Waals surface area contributed by atoms with Crippen LogP contribution >= 0.6 is 11.8 Å². The molecule has 0 aliphatic carbocycles. The van der Waals surface area contributed by atoms with E-state index in [2.05, 4.69) is 334 Å². The summed E-state index contributed by atoms with van der Waals surface area (Å²) in [6.45, 7) is -0.267. The first-order valence-electron chi connectivity index (χ1n) is 29.8. The monoisotopic (exact) mass is 1130 g/mol. The van der Waals surface area contributed by atoms with Gasteiger partial charge in [0.25, 0.3) is 13.4 Å². The highest BCUT2D eigenvalue weighted by Gasteiger charge is 2.47. The lowest BCUT2D eigenvalue weighted by Gasteiger charge is -2.46. The molecule has 0 bridgehead atoms. The number of ether oxygens (including phenoxy) is 1. The fraction of sp³-hybridized carbons (Fsp3) is 0. The summed E-state index contributed by atoms with van der Waals surface area (Å²) in [5.74, 6) is 1.76. The lowest BCUT2D eigenvalue weighted by Crippen LogP contribution is -2.64. The van der Waals surface area contributed by atoms with Crippen molar-refractivity contribution in [2.45, 2.75) is 9.79 Å². The number of para-hydroxylation sites is 11. The zero-order valence-electron chi connectivity index (χ0n) is 47.2. The summed E-state index contributed by atoms with van der Waals surface area (Å²) in [6.07, 6.45) is 0. The zero-order chi connectivity index (χ0) is 57.1. The molecule has 406 valence electrons. The second-order valence-corrected chi connectivity index (χ2v) is 23.8. The summed E-state index contributed by atoms with van der Waals surface area (Å²) >= 11 is 1.86. The molecule has 0 N–H and O–H groups in total. The van der Waals surface area contributed by atoms with Crippen LogP contribution in [0.5, 0.6) is 11.5 Å². The van der Waals surface area contributed by atoms with Crippen LogP contribution in [-0.2, 0) is 0 Å². The predicted octanol–water partition coefficient (Wildman–Crippen LogP) is 16.9. The van der Waals surface area contributed by atoms with Crippen LogP contribution < -0.4 is 57.1 Å². The van der Waals surface area contributed by atoms with Gasteiger partial charge >= 0.3 is 0 Å². The molecule has 0 radical (unpaired) electrons. The van der Waals surface area contributed by atoms with Crippen molar-refractivity contribution in [2.24, 2.45) is 0 Å². The summed E-state index contributed by atoms with van der Waals surface area (Å²) in [7, 11) is 0. The van der Waals surface area contributed by atoms with Gasteiger partial charge in [0.2, 0.25) is 0 Å². The van der Waals surface area contributed by atoms with E-state index in [1.54, 1.807) is 0 Å². The van der Waals surface area contributed by atoms with Gasteiger partial charge in [0.05, 0.1) is 33.8 Å². The topological polar surface area (TPSA) is 27.1 Å². The van der Waals surface area contributed by atoms with Gasteiger partial charge in [0.15, 0.2) is 0 Å². The number of anilines is 12. The molecule has 6 nitrogen and oxygen atoms in total. The Morgan fingerprint density at radius 1 is 0.287 bits per heavy atom. The third-order valence-electron chi connectivity index (χ3n) is 18.0. The quantitative estimate of drug-likeness (QED) is 0.134. The maximum absolute atomic E-state index is 7.15. The number of rotatable bonds is 9. The molecule has 0 saturated carbocycles. The Bertz CT molecular complexity index is 4910. The third kappa shape index (κ3) is 7.72. The van der Waals surface area contributed by atoms with Gasteiger partial charge in [0.1, 0.15) is 11.5 Å². The van der Waals surface area contributed by atoms with Gasteiger partial charge in [-0.15, -0.1) is 0 Å². The van der Waals surface area contributed by atoms with E-state index in [-0.39, 0.29) is 13.4 Å². The largest absolute Gasteiger partial charge is 0.458 e. The second-order valence-electron chi connectivity index (χ2n) is 22.7. The molecule has 0 saturated heterocycles. The van der Waals surface area contributed by atoms with Crippen molar-refractivity contribution in [2.75, 3.05) is 19.6 Å². The Hall–Kier alpha value is -10.9. The molecule has 18 rings (SSSR count). The Kier molecular flexibility index (Phi) is 11.3. The summed E-state index contributed by atoms with van der Waals surface area (Å²) in [5, 5.41) is 2.44. The molecule has 13 aromatic carbocycles. The third-order valence-corrected chi connectivity index (χ3v) is 19.1. The first kappa shape index (κ1) is 49.6. The lowest BCUT2D eigenvalue weighted by atomic mass is 9.31. The van der Waals surface area contributed by atoms with Crippen molar-refractivity contribution in [3.05, 3.63) is 309 Å². The molecule has 0 spiro atoms. The average Bonchev–Trinajstić information content (AvgIpc) is 1.13. The Morgan fingerprint density at radius 3 is 1.37 bits per heavy atom. The Morgan fingerprint density at radius 2 is 0.759 bits per heavy atom. The molecular formula is C78H51B2N5OS. The van der Waals surface area contributed by atoms with E-state index in [0.29, 0.717) is 0 Å². The minimum Gasteiger partial charge on any atom is -0.458 e. The fourth-order valence-electron chi connectivity index (χ4n) is 14.5. The van der Waals surface area contributed by atoms with E-state index in [1.165, 1.54) is 53.3 Å². The number of fused-ring (bicyclic) bond motifs is 11. The SMILES string of the molecule is c1ccc(N(c2ccccc2)c2cc3c4c(c2)Sc2cc5c(cc2B4c2ccccc2O3)B2c3ccccc3N(c3ccccc3)c3cc(N(c4ccccc4)c4ccccc4)cc(c32)N5c2ccccc2-n2c3ccccc3c3ccccc32)cc1. The van der Waals surface area contributed by atoms with Crippen LogP contribution in [0.4, 0.5) is 68.2 Å². The molecule has 9 heteroatoms. The standard InChI is InChI=1S/C78H51B2N5OS/c1-6-26-52(27-7-1)81(53-28-8-2-9-29-53)57-46-71-77-72(47-57)85(69-44-24-23-43-68(69)84-65-40-20-16-36-59(65)60-37-17-21-41-66(60)84)70-51-75-64(50-63(70)79(77)61-38-18-22-42-67(61)83(71)56-34-14-5-15-35-56)80-62-39-19-25-45-73(62)86-74-48-58(49-76(87-75)78(74)80)82(54-30-10-3-11-31-54)55-32-12-4-13-33-55/h1-51H. The van der Waals surface area contributed by atoms with Gasteiger partial charge in [-0.05, 0) is 149 Å². The van der Waals surface area contributed by atoms with Crippen LogP contribution in [0.25, 0.3) is 27.5 Å². The highest BCUT2D eigenvalue weighted by Crippen LogP contribution is 2.52. The summed E-state index contributed by atoms with van der Waals surface area (Å²) < 4.78 is 9.64. The van der Waals surface area contributed by atoms with Crippen LogP contribution in [0.1, 0.15) is 0 Å². The van der Waals surface area contributed by atoms with Gasteiger partial charge in [-0.3, -0.25) is 0 Å². The van der Waals surface area contributed by atoms with Crippen molar-refractivity contribution >= 4 is 148 Å². The molecular weight excluding hydrogens is 1080 g/mol. The number of benzene rings is 13. The van der Waals surface area contributed by atoms with Crippen molar-refractivity contribution in [1.82, 2.24) is 4.57 Å². The molecule has 1 aromatic heterocycles. The normalized spacial score (nSPS) is 13.0. The first-order valence-corrected chi connectivity index (χ1v) is 30.6. The van der Waals surface area contributed by atoms with Crippen molar-refractivity contribution in [1.29, 1.82) is 0 Å². The number of nitrogens with zero attached hydrogens (tertiary/aromatic N) is 5. The molecule has 4 aliphatic heterocycles. The van der Waals surface area contributed by atoms with Crippen molar-refractivity contribution < 1.29 is 4.74 Å². The molecule has 0 amide bonds. The minimum absolute atomic E-state index is 0.107. The van der Waals surface area contributed by atoms with E-state index in [0.717, 1.165) is 96.5 Å². The molecule has 0 fully saturated rings. The van der Waals surface area contributed by atoms with Gasteiger partial charge in [0, 0.05) is 77.8 Å². The maximum Gasteiger partial charge on any atom is 0.253 e. The summed E-state index contributed by atoms with van der Waals surface area (Å²) in [4.78, 5) is 12.3. The van der Waals surface area contributed by atoms with Crippen molar-refractivity contribution in [3.8, 4) is 17.2 Å². The van der Waals surface area contributed by atoms with E-state index in [1.807, 2.05) is 11.8 Å². The van der Waals surface area contributed by atoms with E-state index < -0.39 is 0 Å². The maximum atomic E-state index is 7.15. The predicted molar refractivity (Wildman–Crippen MR) is 366 cm³/mol. The summed E-state index contributed by atoms with van der Waals surface area (Å²) in [5.41, 5.74) is 23.9. The smallest absolute Gasteiger partial charge is 0.253 e. The van der Waals surface area contributed by atoms with E-state index in [4.69, 9.17) is 4.74 Å². The van der Waals surface area contributed by atoms with Crippen molar-refractivity contribution in [3.63, 3.8) is 0 Å². The van der Waals surface area contributed by atoms with Crippen LogP contribution in [0.15, 0.2) is 319 Å². The van der Waals surface area contributed by atoms with Gasteiger partial charge < -0.3 is 28.9 Å². The highest BCUT2D eigenvalue weighted by molar-refractivity contribution is 8.00. The van der Waals surface area contributed by atoms with Crippen LogP contribution in [-0.4, -0.2) is 18.0 Å². The molecule has 0 unspecified atom stereocenters. The van der Waals surface area contributed by atoms with Crippen LogP contribution in [0, 0.1) is 0 Å². The Balaban J connectivity index is 0.951. The first-order chi connectivity index (χ1) is 43.2. The number of hydrogen-bond acceptors (Lipinski definition) is 6. The zero-order valence-corrected chi connectivity index (χ0v) is 48.0. The lowest BCUT2D eigenvalue weighted by molar-refractivity contribution is 0.486. The molecule has 87 heavy (non-hydrogen) atoms. The van der Waals surface area contributed by atoms with Crippen LogP contribution in [0.3, 0.4) is 0 Å². The average molecular weight is 1130 g/mol. The van der Waals surface area contributed by atoms with Crippen LogP contribution in [0.2, 0.25) is 0 Å².